The molecule has 0 radical (unpaired) electrons. The first-order valence-corrected chi connectivity index (χ1v) is 7.58. The lowest BCUT2D eigenvalue weighted by Crippen LogP contribution is -2.02. The van der Waals surface area contributed by atoms with Gasteiger partial charge in [0.25, 0.3) is 0 Å². The van der Waals surface area contributed by atoms with Crippen LogP contribution < -0.4 is 9.47 Å². The number of methoxy groups -OCH3 is 2. The molecule has 23 heavy (non-hydrogen) atoms. The van der Waals surface area contributed by atoms with Crippen LogP contribution in [-0.2, 0) is 0 Å². The number of nitrogens with zero attached hydrogens (tertiary/aromatic N) is 4. The van der Waals surface area contributed by atoms with Gasteiger partial charge in [0, 0.05) is 12.8 Å². The van der Waals surface area contributed by atoms with Crippen LogP contribution in [0.4, 0.5) is 0 Å². The molecule has 7 nitrogen and oxygen atoms in total. The van der Waals surface area contributed by atoms with Crippen LogP contribution in [0.2, 0.25) is 0 Å². The van der Waals surface area contributed by atoms with Gasteiger partial charge in [0.2, 0.25) is 5.88 Å². The minimum atomic E-state index is 0.228. The van der Waals surface area contributed by atoms with Crippen molar-refractivity contribution in [2.75, 3.05) is 20.8 Å². The minimum absolute atomic E-state index is 0.228. The highest BCUT2D eigenvalue weighted by Crippen LogP contribution is 2.50. The Kier molecular flexibility index (Phi) is 4.38. The van der Waals surface area contributed by atoms with Crippen LogP contribution in [0.25, 0.3) is 11.3 Å². The van der Waals surface area contributed by atoms with Crippen molar-refractivity contribution >= 4 is 0 Å². The van der Waals surface area contributed by atoms with E-state index in [1.165, 1.54) is 12.7 Å². The topological polar surface area (TPSA) is 90.2 Å². The van der Waals surface area contributed by atoms with Gasteiger partial charge in [0.05, 0.1) is 25.5 Å². The monoisotopic (exact) mass is 316 g/mol. The van der Waals surface area contributed by atoms with Crippen LogP contribution in [0.3, 0.4) is 0 Å². The lowest BCUT2D eigenvalue weighted by Gasteiger charge is -2.10. The molecule has 1 N–H and O–H groups in total. The van der Waals surface area contributed by atoms with Gasteiger partial charge >= 0.3 is 6.01 Å². The maximum absolute atomic E-state index is 9.09. The SMILES string of the molecule is COc1ncc(-c2cc([C@@H]3C[C@H]3CCO)c(C)nn2)c(OC)n1. The van der Waals surface area contributed by atoms with E-state index < -0.39 is 0 Å². The van der Waals surface area contributed by atoms with Gasteiger partial charge in [-0.25, -0.2) is 4.98 Å². The maximum atomic E-state index is 9.09. The molecule has 0 spiro atoms. The Hall–Kier alpha value is -2.28. The molecule has 2 atom stereocenters. The fourth-order valence-corrected chi connectivity index (χ4v) is 2.87. The first kappa shape index (κ1) is 15.6. The summed E-state index contributed by atoms with van der Waals surface area (Å²) >= 11 is 0. The highest BCUT2D eigenvalue weighted by Gasteiger charge is 2.39. The molecule has 3 rings (SSSR count). The molecular weight excluding hydrogens is 296 g/mol. The Morgan fingerprint density at radius 3 is 2.78 bits per heavy atom. The number of aryl methyl sites for hydroxylation is 1. The number of aliphatic hydroxyl groups is 1. The number of aromatic nitrogens is 4. The first-order valence-electron chi connectivity index (χ1n) is 7.58. The van der Waals surface area contributed by atoms with Gasteiger partial charge in [-0.3, -0.25) is 0 Å². The predicted molar refractivity (Wildman–Crippen MR) is 83.4 cm³/mol. The molecule has 2 aromatic rings. The van der Waals surface area contributed by atoms with E-state index in [0.717, 1.165) is 18.5 Å². The third-order valence-corrected chi connectivity index (χ3v) is 4.22. The number of rotatable bonds is 6. The summed E-state index contributed by atoms with van der Waals surface area (Å²) in [4.78, 5) is 8.31. The van der Waals surface area contributed by atoms with Crippen LogP contribution in [0.1, 0.15) is 30.0 Å². The van der Waals surface area contributed by atoms with Crippen LogP contribution in [0.15, 0.2) is 12.3 Å². The molecule has 1 fully saturated rings. The summed E-state index contributed by atoms with van der Waals surface area (Å²) < 4.78 is 10.3. The first-order chi connectivity index (χ1) is 11.2. The third kappa shape index (κ3) is 3.10. The standard InChI is InChI=1S/C16H20N4O3/c1-9-11(12-6-10(12)4-5-21)7-14(20-19-9)13-8-17-16(23-3)18-15(13)22-2/h7-8,10,12,21H,4-6H2,1-3H3/t10-,12-/m1/s1. The second-order valence-corrected chi connectivity index (χ2v) is 5.66. The lowest BCUT2D eigenvalue weighted by molar-refractivity contribution is 0.279. The van der Waals surface area contributed by atoms with Gasteiger partial charge in [0.15, 0.2) is 0 Å². The van der Waals surface area contributed by atoms with Gasteiger partial charge in [-0.2, -0.15) is 10.1 Å². The molecule has 0 unspecified atom stereocenters. The van der Waals surface area contributed by atoms with Gasteiger partial charge < -0.3 is 14.6 Å². The molecule has 0 amide bonds. The van der Waals surface area contributed by atoms with Crippen molar-refractivity contribution in [3.05, 3.63) is 23.5 Å². The van der Waals surface area contributed by atoms with Gasteiger partial charge in [-0.1, -0.05) is 0 Å². The highest BCUT2D eigenvalue weighted by molar-refractivity contribution is 5.64. The van der Waals surface area contributed by atoms with Crippen molar-refractivity contribution in [2.45, 2.75) is 25.7 Å². The van der Waals surface area contributed by atoms with Crippen molar-refractivity contribution in [1.82, 2.24) is 20.2 Å². The largest absolute Gasteiger partial charge is 0.480 e. The molecule has 0 aliphatic heterocycles. The summed E-state index contributed by atoms with van der Waals surface area (Å²) in [6, 6.07) is 2.27. The number of aliphatic hydroxyl groups excluding tert-OH is 1. The highest BCUT2D eigenvalue weighted by atomic mass is 16.5. The second kappa shape index (κ2) is 6.45. The average Bonchev–Trinajstić information content (AvgIpc) is 3.34. The quantitative estimate of drug-likeness (QED) is 0.868. The average molecular weight is 316 g/mol. The Morgan fingerprint density at radius 2 is 2.09 bits per heavy atom. The van der Waals surface area contributed by atoms with Crippen molar-refractivity contribution in [1.29, 1.82) is 0 Å². The molecule has 7 heteroatoms. The fourth-order valence-electron chi connectivity index (χ4n) is 2.87. The molecular formula is C16H20N4O3. The summed E-state index contributed by atoms with van der Waals surface area (Å²) in [6.45, 7) is 2.19. The second-order valence-electron chi connectivity index (χ2n) is 5.66. The summed E-state index contributed by atoms with van der Waals surface area (Å²) in [7, 11) is 3.05. The van der Waals surface area contributed by atoms with Crippen molar-refractivity contribution < 1.29 is 14.6 Å². The van der Waals surface area contributed by atoms with Crippen LogP contribution in [0.5, 0.6) is 11.9 Å². The van der Waals surface area contributed by atoms with E-state index >= 15 is 0 Å². The van der Waals surface area contributed by atoms with E-state index in [2.05, 4.69) is 20.2 Å². The summed E-state index contributed by atoms with van der Waals surface area (Å²) in [5.74, 6) is 1.38. The van der Waals surface area contributed by atoms with E-state index in [4.69, 9.17) is 14.6 Å². The minimum Gasteiger partial charge on any atom is -0.480 e. The normalized spacial score (nSPS) is 19.5. The van der Waals surface area contributed by atoms with E-state index in [9.17, 15) is 0 Å². The molecule has 0 aromatic carbocycles. The Bertz CT molecular complexity index is 708. The molecule has 122 valence electrons. The molecule has 0 saturated heterocycles. The van der Waals surface area contributed by atoms with Crippen molar-refractivity contribution in [2.24, 2.45) is 5.92 Å². The Morgan fingerprint density at radius 1 is 1.26 bits per heavy atom. The molecule has 1 aliphatic carbocycles. The third-order valence-electron chi connectivity index (χ3n) is 4.22. The number of ether oxygens (including phenoxy) is 2. The molecule has 1 aliphatic rings. The van der Waals surface area contributed by atoms with E-state index in [1.807, 2.05) is 13.0 Å². The summed E-state index contributed by atoms with van der Waals surface area (Å²) in [5.41, 5.74) is 3.46. The van der Waals surface area contributed by atoms with Gasteiger partial charge in [-0.05, 0) is 43.2 Å². The van der Waals surface area contributed by atoms with Crippen LogP contribution in [0, 0.1) is 12.8 Å². The van der Waals surface area contributed by atoms with Crippen molar-refractivity contribution in [3.8, 4) is 23.1 Å². The number of hydrogen-bond donors (Lipinski definition) is 1. The Balaban J connectivity index is 1.95. The lowest BCUT2D eigenvalue weighted by atomic mass is 10.0. The van der Waals surface area contributed by atoms with Crippen molar-refractivity contribution in [3.63, 3.8) is 0 Å². The fraction of sp³-hybridized carbons (Fsp3) is 0.500. The Labute approximate surface area is 134 Å². The summed E-state index contributed by atoms with van der Waals surface area (Å²) in [6.07, 6.45) is 3.55. The molecule has 2 aromatic heterocycles. The molecule has 2 heterocycles. The van der Waals surface area contributed by atoms with Crippen LogP contribution >= 0.6 is 0 Å². The predicted octanol–water partition coefficient (Wildman–Crippen LogP) is 1.75. The van der Waals surface area contributed by atoms with E-state index in [0.29, 0.717) is 29.0 Å². The zero-order valence-corrected chi connectivity index (χ0v) is 13.5. The smallest absolute Gasteiger partial charge is 0.319 e. The zero-order chi connectivity index (χ0) is 16.4. The van der Waals surface area contributed by atoms with E-state index in [-0.39, 0.29) is 12.6 Å². The van der Waals surface area contributed by atoms with E-state index in [1.54, 1.807) is 13.3 Å². The number of hydrogen-bond acceptors (Lipinski definition) is 7. The van der Waals surface area contributed by atoms with Crippen LogP contribution in [-0.4, -0.2) is 46.1 Å². The van der Waals surface area contributed by atoms with Gasteiger partial charge in [-0.15, -0.1) is 5.10 Å². The zero-order valence-electron chi connectivity index (χ0n) is 13.5. The molecule has 1 saturated carbocycles. The maximum Gasteiger partial charge on any atom is 0.319 e. The summed E-state index contributed by atoms with van der Waals surface area (Å²) in [5, 5.41) is 17.6. The van der Waals surface area contributed by atoms with Gasteiger partial charge in [0.1, 0.15) is 5.69 Å². The molecule has 0 bridgehead atoms.